The van der Waals surface area contributed by atoms with Gasteiger partial charge in [0.1, 0.15) is 18.2 Å². The Kier molecular flexibility index (Phi) is 5.76. The minimum absolute atomic E-state index is 0.264. The van der Waals surface area contributed by atoms with Crippen molar-refractivity contribution in [1.29, 1.82) is 0 Å². The van der Waals surface area contributed by atoms with Crippen molar-refractivity contribution in [3.63, 3.8) is 0 Å². The van der Waals surface area contributed by atoms with Gasteiger partial charge in [0.25, 0.3) is 0 Å². The van der Waals surface area contributed by atoms with Crippen molar-refractivity contribution >= 4 is 33.9 Å². The van der Waals surface area contributed by atoms with Crippen molar-refractivity contribution in [1.82, 2.24) is 20.2 Å². The molecule has 2 aliphatic rings. The van der Waals surface area contributed by atoms with Crippen LogP contribution >= 0.6 is 0 Å². The van der Waals surface area contributed by atoms with Crippen LogP contribution in [0.3, 0.4) is 0 Å². The maximum Gasteiger partial charge on any atom is 0.230 e. The molecule has 1 saturated heterocycles. The first kappa shape index (κ1) is 22.1. The second-order valence-electron chi connectivity index (χ2n) is 8.51. The lowest BCUT2D eigenvalue weighted by Gasteiger charge is -2.34. The zero-order valence-corrected chi connectivity index (χ0v) is 19.6. The van der Waals surface area contributed by atoms with Crippen LogP contribution in [0.25, 0.3) is 10.8 Å². The Morgan fingerprint density at radius 2 is 1.61 bits per heavy atom. The molecule has 6 rings (SSSR count). The van der Waals surface area contributed by atoms with E-state index in [1.807, 2.05) is 48.5 Å². The lowest BCUT2D eigenvalue weighted by molar-refractivity contribution is 0.0322. The second kappa shape index (κ2) is 9.36. The van der Waals surface area contributed by atoms with E-state index in [1.165, 1.54) is 0 Å². The molecule has 0 spiro atoms. The highest BCUT2D eigenvalue weighted by Gasteiger charge is 2.36. The normalized spacial score (nSPS) is 16.4. The van der Waals surface area contributed by atoms with Gasteiger partial charge in [0, 0.05) is 25.0 Å². The lowest BCUT2D eigenvalue weighted by Crippen LogP contribution is -2.39. The van der Waals surface area contributed by atoms with Crippen LogP contribution in [0.15, 0.2) is 77.1 Å². The lowest BCUT2D eigenvalue weighted by atomic mass is 10.1. The van der Waals surface area contributed by atoms with Crippen molar-refractivity contribution in [2.75, 3.05) is 49.3 Å². The molecule has 4 N–H and O–H groups in total. The predicted octanol–water partition coefficient (Wildman–Crippen LogP) is 2.66. The summed E-state index contributed by atoms with van der Waals surface area (Å²) in [5.74, 6) is 2.55. The molecule has 36 heavy (non-hydrogen) atoms. The summed E-state index contributed by atoms with van der Waals surface area (Å²) in [4.78, 5) is 10.2. The molecule has 0 atom stereocenters. The van der Waals surface area contributed by atoms with Gasteiger partial charge in [0.2, 0.25) is 11.6 Å². The molecule has 2 aromatic heterocycles. The van der Waals surface area contributed by atoms with Crippen molar-refractivity contribution in [3.05, 3.63) is 72.4 Å². The number of hydrogen-bond acceptors (Lipinski definition) is 11. The second-order valence-corrected chi connectivity index (χ2v) is 8.51. The van der Waals surface area contributed by atoms with E-state index in [0.29, 0.717) is 35.6 Å². The molecule has 0 unspecified atom stereocenters. The van der Waals surface area contributed by atoms with E-state index in [-0.39, 0.29) is 5.82 Å². The van der Waals surface area contributed by atoms with Gasteiger partial charge in [-0.05, 0) is 33.9 Å². The van der Waals surface area contributed by atoms with Gasteiger partial charge >= 0.3 is 0 Å². The molecule has 0 bridgehead atoms. The SMILES string of the molecule is NC1=C(N)N(c2cccc3ccccc23)c2nonc2N1c1ccc(OCCN2CCOCC2)cn1. The maximum atomic E-state index is 6.58. The average Bonchev–Trinajstić information content (AvgIpc) is 3.40. The number of morpholine rings is 1. The van der Waals surface area contributed by atoms with Gasteiger partial charge in [-0.25, -0.2) is 9.61 Å². The number of nitrogens with zero attached hydrogens (tertiary/aromatic N) is 6. The van der Waals surface area contributed by atoms with E-state index < -0.39 is 0 Å². The van der Waals surface area contributed by atoms with E-state index in [4.69, 9.17) is 25.6 Å². The maximum absolute atomic E-state index is 6.58. The van der Waals surface area contributed by atoms with Crippen LogP contribution < -0.4 is 26.0 Å². The van der Waals surface area contributed by atoms with Gasteiger partial charge in [-0.1, -0.05) is 36.4 Å². The Labute approximate surface area is 207 Å². The number of rotatable bonds is 6. The molecule has 0 amide bonds. The molecule has 0 radical (unpaired) electrons. The number of pyridine rings is 1. The summed E-state index contributed by atoms with van der Waals surface area (Å²) in [5, 5.41) is 10.3. The third kappa shape index (κ3) is 3.93. The molecule has 0 saturated carbocycles. The fourth-order valence-electron chi connectivity index (χ4n) is 4.50. The van der Waals surface area contributed by atoms with Crippen molar-refractivity contribution in [2.24, 2.45) is 11.5 Å². The summed E-state index contributed by atoms with van der Waals surface area (Å²) in [6, 6.07) is 17.6. The molecule has 4 heterocycles. The monoisotopic (exact) mass is 486 g/mol. The van der Waals surface area contributed by atoms with Gasteiger partial charge in [-0.15, -0.1) is 0 Å². The van der Waals surface area contributed by atoms with Crippen molar-refractivity contribution < 1.29 is 14.1 Å². The number of aromatic nitrogens is 3. The number of ether oxygens (including phenoxy) is 2. The van der Waals surface area contributed by atoms with Gasteiger partial charge in [0.05, 0.1) is 25.1 Å². The summed E-state index contributed by atoms with van der Waals surface area (Å²) in [6.07, 6.45) is 1.66. The summed E-state index contributed by atoms with van der Waals surface area (Å²) in [7, 11) is 0. The highest BCUT2D eigenvalue weighted by atomic mass is 16.6. The number of nitrogens with two attached hydrogens (primary N) is 2. The first-order valence-electron chi connectivity index (χ1n) is 11.8. The topological polar surface area (TPSA) is 132 Å². The van der Waals surface area contributed by atoms with Crippen LogP contribution in [0.4, 0.5) is 23.1 Å². The molecule has 11 heteroatoms. The molecular weight excluding hydrogens is 460 g/mol. The zero-order chi connectivity index (χ0) is 24.5. The van der Waals surface area contributed by atoms with Gasteiger partial charge in [0.15, 0.2) is 11.6 Å². The van der Waals surface area contributed by atoms with Crippen LogP contribution in [-0.2, 0) is 4.74 Å². The zero-order valence-electron chi connectivity index (χ0n) is 19.6. The molecule has 4 aromatic rings. The Balaban J connectivity index is 1.26. The van der Waals surface area contributed by atoms with Gasteiger partial charge in [-0.3, -0.25) is 14.7 Å². The third-order valence-electron chi connectivity index (χ3n) is 6.36. The van der Waals surface area contributed by atoms with E-state index in [9.17, 15) is 0 Å². The Hall–Kier alpha value is -4.35. The summed E-state index contributed by atoms with van der Waals surface area (Å²) in [5.41, 5.74) is 13.9. The molecule has 2 aliphatic heterocycles. The van der Waals surface area contributed by atoms with E-state index in [1.54, 1.807) is 22.1 Å². The largest absolute Gasteiger partial charge is 0.491 e. The van der Waals surface area contributed by atoms with Crippen LogP contribution in [0.1, 0.15) is 0 Å². The number of benzene rings is 2. The highest BCUT2D eigenvalue weighted by Crippen LogP contribution is 2.44. The predicted molar refractivity (Wildman–Crippen MR) is 135 cm³/mol. The first-order valence-corrected chi connectivity index (χ1v) is 11.8. The molecule has 0 aliphatic carbocycles. The molecule has 2 aromatic carbocycles. The molecular formula is C25H26N8O3. The standard InChI is InChI=1S/C25H26N8O3/c26-22-23(27)33(21-9-8-18(16-28-21)35-15-12-31-10-13-34-14-11-31)25-24(29-36-30-25)32(22)20-7-3-5-17-4-1-2-6-19(17)20/h1-9,16H,10-15,26-27H2. The van der Waals surface area contributed by atoms with Gasteiger partial charge < -0.3 is 20.9 Å². The quantitative estimate of drug-likeness (QED) is 0.417. The number of fused-ring (bicyclic) bond motifs is 2. The number of hydrogen-bond donors (Lipinski definition) is 2. The van der Waals surface area contributed by atoms with Crippen LogP contribution in [-0.4, -0.2) is 59.7 Å². The van der Waals surface area contributed by atoms with E-state index >= 15 is 0 Å². The minimum Gasteiger partial charge on any atom is -0.491 e. The highest BCUT2D eigenvalue weighted by molar-refractivity contribution is 5.98. The van der Waals surface area contributed by atoms with Crippen molar-refractivity contribution in [2.45, 2.75) is 0 Å². The average molecular weight is 487 g/mol. The molecule has 11 nitrogen and oxygen atoms in total. The fraction of sp³-hybridized carbons (Fsp3) is 0.240. The Bertz CT molecular complexity index is 1390. The summed E-state index contributed by atoms with van der Waals surface area (Å²) in [6.45, 7) is 4.78. The first-order chi connectivity index (χ1) is 17.7. The Morgan fingerprint density at radius 3 is 2.42 bits per heavy atom. The van der Waals surface area contributed by atoms with Crippen LogP contribution in [0, 0.1) is 0 Å². The minimum atomic E-state index is 0.264. The Morgan fingerprint density at radius 1 is 0.861 bits per heavy atom. The van der Waals surface area contributed by atoms with Gasteiger partial charge in [-0.2, -0.15) is 0 Å². The summed E-state index contributed by atoms with van der Waals surface area (Å²) < 4.78 is 16.4. The van der Waals surface area contributed by atoms with E-state index in [2.05, 4.69) is 20.2 Å². The smallest absolute Gasteiger partial charge is 0.230 e. The summed E-state index contributed by atoms with van der Waals surface area (Å²) >= 11 is 0. The molecule has 1 fully saturated rings. The molecule has 184 valence electrons. The van der Waals surface area contributed by atoms with Crippen molar-refractivity contribution in [3.8, 4) is 5.75 Å². The van der Waals surface area contributed by atoms with Crippen LogP contribution in [0.5, 0.6) is 5.75 Å². The van der Waals surface area contributed by atoms with Crippen LogP contribution in [0.2, 0.25) is 0 Å². The third-order valence-corrected chi connectivity index (χ3v) is 6.36. The van der Waals surface area contributed by atoms with E-state index in [0.717, 1.165) is 49.3 Å². The fourth-order valence-corrected chi connectivity index (χ4v) is 4.50. The number of anilines is 4.